The van der Waals surface area contributed by atoms with Gasteiger partial charge in [-0.2, -0.15) is 4.98 Å². The van der Waals surface area contributed by atoms with Crippen molar-refractivity contribution >= 4 is 29.1 Å². The first kappa shape index (κ1) is 31.4. The quantitative estimate of drug-likeness (QED) is 0.245. The molecular weight excluding hydrogens is 572 g/mol. The second kappa shape index (κ2) is 13.7. The van der Waals surface area contributed by atoms with Gasteiger partial charge in [0.1, 0.15) is 17.2 Å². The Balaban J connectivity index is 1.47. The molecule has 1 aromatic heterocycles. The number of anilines is 4. The van der Waals surface area contributed by atoms with E-state index < -0.39 is 6.09 Å². The molecule has 4 aromatic rings. The molecule has 45 heavy (non-hydrogen) atoms. The number of hydrogen-bond donors (Lipinski definition) is 1. The fourth-order valence-electron chi connectivity index (χ4n) is 5.21. The van der Waals surface area contributed by atoms with Gasteiger partial charge >= 0.3 is 6.09 Å². The van der Waals surface area contributed by atoms with Gasteiger partial charge in [-0.15, -0.1) is 0 Å². The van der Waals surface area contributed by atoms with E-state index in [4.69, 9.17) is 23.9 Å². The summed E-state index contributed by atoms with van der Waals surface area (Å²) in [5.74, 6) is 2.17. The Kier molecular flexibility index (Phi) is 9.58. The highest BCUT2D eigenvalue weighted by Crippen LogP contribution is 2.35. The molecule has 0 unspecified atom stereocenters. The number of benzene rings is 3. The lowest BCUT2D eigenvalue weighted by Crippen LogP contribution is -2.44. The number of ether oxygens (including phenoxy) is 4. The van der Waals surface area contributed by atoms with E-state index in [9.17, 15) is 4.79 Å². The molecule has 11 nitrogen and oxygen atoms in total. The summed E-state index contributed by atoms with van der Waals surface area (Å²) in [5.41, 5.74) is 5.95. The molecule has 1 N–H and O–H groups in total. The number of nitrogens with one attached hydrogen (secondary N) is 1. The molecule has 0 radical (unpaired) electrons. The molecule has 11 heteroatoms. The molecule has 3 aromatic carbocycles. The third kappa shape index (κ3) is 7.04. The molecule has 1 aliphatic heterocycles. The van der Waals surface area contributed by atoms with E-state index in [0.717, 1.165) is 60.0 Å². The second-order valence-electron chi connectivity index (χ2n) is 10.9. The normalized spacial score (nSPS) is 13.3. The van der Waals surface area contributed by atoms with Gasteiger partial charge in [0.2, 0.25) is 11.8 Å². The van der Waals surface area contributed by atoms with Crippen LogP contribution < -0.4 is 34.1 Å². The molecule has 2 heterocycles. The Morgan fingerprint density at radius 1 is 0.867 bits per heavy atom. The van der Waals surface area contributed by atoms with Crippen LogP contribution in [0.15, 0.2) is 60.7 Å². The summed E-state index contributed by atoms with van der Waals surface area (Å²) in [6.07, 6.45) is -0.656. The van der Waals surface area contributed by atoms with Crippen molar-refractivity contribution in [1.82, 2.24) is 14.9 Å². The van der Waals surface area contributed by atoms with E-state index >= 15 is 0 Å². The summed E-state index contributed by atoms with van der Waals surface area (Å²) in [7, 11) is 8.49. The lowest BCUT2D eigenvalue weighted by molar-refractivity contribution is 0.207. The smallest absolute Gasteiger partial charge is 0.420 e. The number of carbonyl (C=O) groups excluding carboxylic acids is 1. The fraction of sp³-hybridized carbons (Fsp3) is 0.324. The lowest BCUT2D eigenvalue weighted by atomic mass is 10.0. The van der Waals surface area contributed by atoms with Crippen LogP contribution in [0.4, 0.5) is 27.8 Å². The van der Waals surface area contributed by atoms with Crippen molar-refractivity contribution in [2.75, 3.05) is 76.7 Å². The molecule has 0 spiro atoms. The Bertz CT molecular complexity index is 1670. The molecule has 5 rings (SSSR count). The van der Waals surface area contributed by atoms with Gasteiger partial charge in [0.15, 0.2) is 0 Å². The van der Waals surface area contributed by atoms with Crippen molar-refractivity contribution in [2.45, 2.75) is 13.8 Å². The van der Waals surface area contributed by atoms with E-state index in [1.165, 1.54) is 12.0 Å². The highest BCUT2D eigenvalue weighted by atomic mass is 16.6. The summed E-state index contributed by atoms with van der Waals surface area (Å²) >= 11 is 0. The van der Waals surface area contributed by atoms with Crippen molar-refractivity contribution < 1.29 is 23.7 Å². The zero-order valence-electron chi connectivity index (χ0n) is 26.9. The number of rotatable bonds is 9. The SMILES string of the molecule is COc1ccc(OC)c(N(C)C(=O)Oc2cc(-c3cccc(C)c3C)nc(Nc3ccc(N4CCN(C)CC4)c(OC)c3)n2)c1. The molecule has 0 atom stereocenters. The van der Waals surface area contributed by atoms with Gasteiger partial charge < -0.3 is 34.1 Å². The van der Waals surface area contributed by atoms with Crippen LogP contribution in [-0.4, -0.2) is 82.6 Å². The molecule has 1 saturated heterocycles. The van der Waals surface area contributed by atoms with Gasteiger partial charge in [-0.1, -0.05) is 18.2 Å². The molecule has 236 valence electrons. The van der Waals surface area contributed by atoms with Crippen LogP contribution in [0.2, 0.25) is 0 Å². The zero-order chi connectivity index (χ0) is 32.1. The average Bonchev–Trinajstić information content (AvgIpc) is 3.05. The topological polar surface area (TPSA) is 102 Å². The first-order valence-corrected chi connectivity index (χ1v) is 14.7. The van der Waals surface area contributed by atoms with E-state index in [1.54, 1.807) is 45.5 Å². The summed E-state index contributed by atoms with van der Waals surface area (Å²) < 4.78 is 22.4. The van der Waals surface area contributed by atoms with Crippen molar-refractivity contribution in [2.24, 2.45) is 0 Å². The minimum Gasteiger partial charge on any atom is -0.497 e. The van der Waals surface area contributed by atoms with Crippen LogP contribution >= 0.6 is 0 Å². The molecular formula is C34H40N6O5. The van der Waals surface area contributed by atoms with E-state index in [2.05, 4.69) is 27.1 Å². The Morgan fingerprint density at radius 2 is 1.62 bits per heavy atom. The summed E-state index contributed by atoms with van der Waals surface area (Å²) in [5, 5.41) is 3.30. The Hall–Kier alpha value is -5.03. The van der Waals surface area contributed by atoms with E-state index in [1.807, 2.05) is 50.2 Å². The predicted molar refractivity (Wildman–Crippen MR) is 177 cm³/mol. The van der Waals surface area contributed by atoms with Gasteiger partial charge in [-0.25, -0.2) is 9.78 Å². The molecule has 1 fully saturated rings. The maximum atomic E-state index is 13.4. The maximum absolute atomic E-state index is 13.4. The first-order chi connectivity index (χ1) is 21.7. The van der Waals surface area contributed by atoms with Gasteiger partial charge in [-0.05, 0) is 56.3 Å². The summed E-state index contributed by atoms with van der Waals surface area (Å²) in [6.45, 7) is 7.91. The number of piperazine rings is 1. The van der Waals surface area contributed by atoms with Gasteiger partial charge in [0.05, 0.1) is 38.4 Å². The Morgan fingerprint density at radius 3 is 2.33 bits per heavy atom. The molecule has 1 amide bonds. The second-order valence-corrected chi connectivity index (χ2v) is 10.9. The molecule has 0 aliphatic carbocycles. The summed E-state index contributed by atoms with van der Waals surface area (Å²) in [6, 6.07) is 18.8. The molecule has 1 aliphatic rings. The van der Waals surface area contributed by atoms with Crippen molar-refractivity contribution in [3.63, 3.8) is 0 Å². The van der Waals surface area contributed by atoms with Gasteiger partial charge in [0.25, 0.3) is 0 Å². The zero-order valence-corrected chi connectivity index (χ0v) is 26.9. The Labute approximate surface area is 264 Å². The highest BCUT2D eigenvalue weighted by molar-refractivity contribution is 5.91. The number of aromatic nitrogens is 2. The number of nitrogens with zero attached hydrogens (tertiary/aromatic N) is 5. The van der Waals surface area contributed by atoms with Crippen molar-refractivity contribution in [1.29, 1.82) is 0 Å². The van der Waals surface area contributed by atoms with E-state index in [0.29, 0.717) is 22.9 Å². The highest BCUT2D eigenvalue weighted by Gasteiger charge is 2.22. The maximum Gasteiger partial charge on any atom is 0.420 e. The molecule has 0 saturated carbocycles. The monoisotopic (exact) mass is 612 g/mol. The van der Waals surface area contributed by atoms with E-state index in [-0.39, 0.29) is 11.8 Å². The van der Waals surface area contributed by atoms with Crippen LogP contribution in [0.3, 0.4) is 0 Å². The number of likely N-dealkylation sites (N-methyl/N-ethyl adjacent to an activating group) is 1. The van der Waals surface area contributed by atoms with Gasteiger partial charge in [-0.3, -0.25) is 4.90 Å². The van der Waals surface area contributed by atoms with Crippen LogP contribution in [0.25, 0.3) is 11.3 Å². The minimum absolute atomic E-state index is 0.0862. The lowest BCUT2D eigenvalue weighted by Gasteiger charge is -2.34. The number of carbonyl (C=O) groups is 1. The van der Waals surface area contributed by atoms with Crippen molar-refractivity contribution in [3.05, 3.63) is 71.8 Å². The number of methoxy groups -OCH3 is 3. The third-order valence-corrected chi connectivity index (χ3v) is 8.08. The van der Waals surface area contributed by atoms with Crippen molar-refractivity contribution in [3.8, 4) is 34.4 Å². The van der Waals surface area contributed by atoms with Crippen LogP contribution in [-0.2, 0) is 0 Å². The standard InChI is InChI=1S/C34H40N6O5/c1-22-9-8-10-26(23(22)2)27-21-32(45-34(41)39(4)29-20-25(42-5)12-14-30(29)43-6)37-33(36-27)35-24-11-13-28(31(19-24)44-7)40-17-15-38(3)16-18-40/h8-14,19-21H,15-18H2,1-7H3,(H,35,36,37). The number of hydrogen-bond acceptors (Lipinski definition) is 10. The first-order valence-electron chi connectivity index (χ1n) is 14.7. The van der Waals surface area contributed by atoms with Crippen LogP contribution in [0.5, 0.6) is 23.1 Å². The number of aryl methyl sites for hydroxylation is 1. The number of amides is 1. The summed E-state index contributed by atoms with van der Waals surface area (Å²) in [4.78, 5) is 28.8. The van der Waals surface area contributed by atoms with Gasteiger partial charge in [0, 0.05) is 62.7 Å². The average molecular weight is 613 g/mol. The fourth-order valence-corrected chi connectivity index (χ4v) is 5.21. The molecule has 0 bridgehead atoms. The largest absolute Gasteiger partial charge is 0.497 e. The van der Waals surface area contributed by atoms with Crippen LogP contribution in [0.1, 0.15) is 11.1 Å². The minimum atomic E-state index is -0.656. The third-order valence-electron chi connectivity index (χ3n) is 8.08. The predicted octanol–water partition coefficient (Wildman–Crippen LogP) is 5.92. The van der Waals surface area contributed by atoms with Crippen LogP contribution in [0, 0.1) is 13.8 Å².